The maximum Gasteiger partial charge on any atom is 0.266 e. The topological polar surface area (TPSA) is 76.4 Å². The third kappa shape index (κ3) is 5.26. The van der Waals surface area contributed by atoms with Gasteiger partial charge in [-0.05, 0) is 48.0 Å². The largest absolute Gasteiger partial charge is 0.508 e. The van der Waals surface area contributed by atoms with E-state index in [1.807, 2.05) is 55.4 Å². The monoisotopic (exact) mass is 333 g/mol. The minimum absolute atomic E-state index is 0.00534. The van der Waals surface area contributed by atoms with Gasteiger partial charge in [0.2, 0.25) is 0 Å². The van der Waals surface area contributed by atoms with Gasteiger partial charge in [0, 0.05) is 25.5 Å². The van der Waals surface area contributed by atoms with Gasteiger partial charge in [-0.25, -0.2) is 0 Å². The fourth-order valence-corrected chi connectivity index (χ4v) is 2.05. The van der Waals surface area contributed by atoms with Crippen LogP contribution >= 0.6 is 0 Å². The Morgan fingerprint density at radius 3 is 2.32 bits per heavy atom. The number of nitriles is 1. The maximum atomic E-state index is 12.1. The van der Waals surface area contributed by atoms with E-state index in [0.717, 1.165) is 11.3 Å². The lowest BCUT2D eigenvalue weighted by Gasteiger charge is -2.11. The summed E-state index contributed by atoms with van der Waals surface area (Å²) in [5, 5.41) is 21.0. The average Bonchev–Trinajstić information content (AvgIpc) is 2.61. The molecule has 0 atom stereocenters. The van der Waals surface area contributed by atoms with Gasteiger partial charge in [0.1, 0.15) is 17.4 Å². The van der Waals surface area contributed by atoms with E-state index in [2.05, 4.69) is 5.32 Å². The van der Waals surface area contributed by atoms with Crippen molar-refractivity contribution in [2.45, 2.75) is 0 Å². The summed E-state index contributed by atoms with van der Waals surface area (Å²) in [6.45, 7) is 0. The number of carbonyl (C=O) groups is 1. The third-order valence-electron chi connectivity index (χ3n) is 3.45. The van der Waals surface area contributed by atoms with E-state index in [9.17, 15) is 9.90 Å². The summed E-state index contributed by atoms with van der Waals surface area (Å²) in [4.78, 5) is 14.1. The van der Waals surface area contributed by atoms with Crippen LogP contribution in [0.25, 0.3) is 6.08 Å². The molecule has 0 heterocycles. The van der Waals surface area contributed by atoms with Gasteiger partial charge in [-0.1, -0.05) is 24.3 Å². The van der Waals surface area contributed by atoms with Gasteiger partial charge >= 0.3 is 0 Å². The fourth-order valence-electron chi connectivity index (χ4n) is 2.05. The highest BCUT2D eigenvalue weighted by Crippen LogP contribution is 2.15. The Morgan fingerprint density at radius 2 is 1.76 bits per heavy atom. The molecule has 2 N–H and O–H groups in total. The van der Waals surface area contributed by atoms with Crippen molar-refractivity contribution in [3.8, 4) is 11.8 Å². The highest BCUT2D eigenvalue weighted by molar-refractivity contribution is 6.06. The smallest absolute Gasteiger partial charge is 0.266 e. The highest BCUT2D eigenvalue weighted by atomic mass is 16.3. The van der Waals surface area contributed by atoms with Crippen molar-refractivity contribution in [1.82, 2.24) is 0 Å². The van der Waals surface area contributed by atoms with E-state index < -0.39 is 5.91 Å². The van der Waals surface area contributed by atoms with E-state index >= 15 is 0 Å². The van der Waals surface area contributed by atoms with Crippen molar-refractivity contribution in [2.75, 3.05) is 24.3 Å². The number of hydrogen-bond acceptors (Lipinski definition) is 4. The predicted molar refractivity (Wildman–Crippen MR) is 100 cm³/mol. The van der Waals surface area contributed by atoms with Crippen LogP contribution in [0.1, 0.15) is 5.56 Å². The summed E-state index contributed by atoms with van der Waals surface area (Å²) in [5.41, 5.74) is 2.57. The van der Waals surface area contributed by atoms with Crippen LogP contribution < -0.4 is 10.2 Å². The second-order valence-electron chi connectivity index (χ2n) is 5.54. The number of nitrogens with zero attached hydrogens (tertiary/aromatic N) is 2. The quantitative estimate of drug-likeness (QED) is 0.380. The molecule has 0 aromatic heterocycles. The van der Waals surface area contributed by atoms with Crippen LogP contribution in [0, 0.1) is 11.3 Å². The number of carbonyl (C=O) groups excluding carboxylic acids is 1. The number of benzene rings is 2. The Bertz CT molecular complexity index is 827. The van der Waals surface area contributed by atoms with Crippen LogP contribution in [0.2, 0.25) is 0 Å². The molecule has 5 heteroatoms. The first-order valence-electron chi connectivity index (χ1n) is 7.66. The zero-order chi connectivity index (χ0) is 18.2. The SMILES string of the molecule is CN(C)c1ccc(/C=C/C=C(/C#N)C(=O)Nc2ccc(O)cc2)cc1. The van der Waals surface area contributed by atoms with Crippen LogP contribution in [0.5, 0.6) is 5.75 Å². The summed E-state index contributed by atoms with van der Waals surface area (Å²) in [6, 6.07) is 15.8. The van der Waals surface area contributed by atoms with Gasteiger partial charge in [-0.3, -0.25) is 4.79 Å². The molecule has 0 aliphatic heterocycles. The Kier molecular flexibility index (Phi) is 5.97. The van der Waals surface area contributed by atoms with Gasteiger partial charge < -0.3 is 15.3 Å². The van der Waals surface area contributed by atoms with Gasteiger partial charge in [-0.15, -0.1) is 0 Å². The number of hydrogen-bond donors (Lipinski definition) is 2. The number of aromatic hydroxyl groups is 1. The molecule has 0 spiro atoms. The van der Waals surface area contributed by atoms with Gasteiger partial charge in [0.25, 0.3) is 5.91 Å². The van der Waals surface area contributed by atoms with E-state index in [-0.39, 0.29) is 11.3 Å². The molecule has 0 aliphatic carbocycles. The van der Waals surface area contributed by atoms with E-state index in [4.69, 9.17) is 5.26 Å². The fraction of sp³-hybridized carbons (Fsp3) is 0.100. The van der Waals surface area contributed by atoms with Crippen LogP contribution in [0.4, 0.5) is 11.4 Å². The maximum absolute atomic E-state index is 12.1. The molecule has 5 nitrogen and oxygen atoms in total. The molecule has 2 rings (SSSR count). The molecular formula is C20H19N3O2. The third-order valence-corrected chi connectivity index (χ3v) is 3.45. The van der Waals surface area contributed by atoms with Gasteiger partial charge in [0.05, 0.1) is 0 Å². The normalized spacial score (nSPS) is 11.2. The van der Waals surface area contributed by atoms with Crippen LogP contribution in [0.3, 0.4) is 0 Å². The first-order valence-corrected chi connectivity index (χ1v) is 7.66. The minimum Gasteiger partial charge on any atom is -0.508 e. The summed E-state index contributed by atoms with van der Waals surface area (Å²) >= 11 is 0. The predicted octanol–water partition coefficient (Wildman–Crippen LogP) is 3.56. The molecule has 0 unspecified atom stereocenters. The van der Waals surface area contributed by atoms with E-state index in [1.165, 1.54) is 18.2 Å². The van der Waals surface area contributed by atoms with Gasteiger partial charge in [0.15, 0.2) is 0 Å². The van der Waals surface area contributed by atoms with Crippen molar-refractivity contribution >= 4 is 23.4 Å². The van der Waals surface area contributed by atoms with Crippen molar-refractivity contribution in [3.63, 3.8) is 0 Å². The van der Waals surface area contributed by atoms with Crippen LogP contribution in [-0.2, 0) is 4.79 Å². The number of phenols is 1. The number of anilines is 2. The Morgan fingerprint density at radius 1 is 1.12 bits per heavy atom. The molecule has 2 aromatic carbocycles. The Hall–Kier alpha value is -3.52. The zero-order valence-corrected chi connectivity index (χ0v) is 14.1. The Labute approximate surface area is 147 Å². The molecule has 0 radical (unpaired) electrons. The van der Waals surface area contributed by atoms with E-state index in [0.29, 0.717) is 5.69 Å². The molecule has 0 saturated carbocycles. The molecule has 0 fully saturated rings. The average molecular weight is 333 g/mol. The number of rotatable bonds is 5. The number of amides is 1. The molecule has 25 heavy (non-hydrogen) atoms. The number of phenolic OH excluding ortho intramolecular Hbond substituents is 1. The summed E-state index contributed by atoms with van der Waals surface area (Å²) in [5.74, 6) is -0.391. The molecule has 0 bridgehead atoms. The van der Waals surface area contributed by atoms with Crippen molar-refractivity contribution in [1.29, 1.82) is 5.26 Å². The van der Waals surface area contributed by atoms with Crippen LogP contribution in [-0.4, -0.2) is 25.1 Å². The number of allylic oxidation sites excluding steroid dienone is 2. The first kappa shape index (κ1) is 17.8. The zero-order valence-electron chi connectivity index (χ0n) is 14.1. The van der Waals surface area contributed by atoms with Crippen molar-refractivity contribution < 1.29 is 9.90 Å². The summed E-state index contributed by atoms with van der Waals surface area (Å²) in [7, 11) is 3.94. The Balaban J connectivity index is 2.04. The standard InChI is InChI=1S/C20H19N3O2/c1-23(2)18-10-6-15(7-11-18)4-3-5-16(14-21)20(25)22-17-8-12-19(24)13-9-17/h3-13,24H,1-2H3,(H,22,25)/b4-3+,16-5-. The van der Waals surface area contributed by atoms with Crippen molar-refractivity contribution in [2.24, 2.45) is 0 Å². The lowest BCUT2D eigenvalue weighted by atomic mass is 10.1. The molecule has 126 valence electrons. The molecule has 1 amide bonds. The number of nitrogens with one attached hydrogen (secondary N) is 1. The summed E-state index contributed by atoms with van der Waals surface area (Å²) < 4.78 is 0. The molecular weight excluding hydrogens is 314 g/mol. The second kappa shape index (κ2) is 8.37. The molecule has 0 saturated heterocycles. The lowest BCUT2D eigenvalue weighted by Crippen LogP contribution is -2.13. The second-order valence-corrected chi connectivity index (χ2v) is 5.54. The van der Waals surface area contributed by atoms with E-state index in [1.54, 1.807) is 18.2 Å². The first-order chi connectivity index (χ1) is 12.0. The highest BCUT2D eigenvalue weighted by Gasteiger charge is 2.08. The molecule has 2 aromatic rings. The van der Waals surface area contributed by atoms with Crippen LogP contribution in [0.15, 0.2) is 66.3 Å². The molecule has 0 aliphatic rings. The lowest BCUT2D eigenvalue weighted by molar-refractivity contribution is -0.112. The van der Waals surface area contributed by atoms with Crippen molar-refractivity contribution in [3.05, 3.63) is 71.8 Å². The minimum atomic E-state index is -0.499. The summed E-state index contributed by atoms with van der Waals surface area (Å²) in [6.07, 6.45) is 4.96. The van der Waals surface area contributed by atoms with Gasteiger partial charge in [-0.2, -0.15) is 5.26 Å².